The Hall–Kier alpha value is -2.01. The van der Waals surface area contributed by atoms with Crippen molar-refractivity contribution in [2.75, 3.05) is 5.32 Å². The first-order valence-electron chi connectivity index (χ1n) is 6.57. The number of nitrogens with two attached hydrogens (primary N) is 1. The molecule has 2 aromatic carbocycles. The molecule has 0 radical (unpaired) electrons. The zero-order chi connectivity index (χ0) is 17.2. The molecule has 124 valence electrons. The quantitative estimate of drug-likeness (QED) is 0.703. The molecule has 1 aromatic heterocycles. The molecule has 24 heavy (non-hydrogen) atoms. The number of anilines is 2. The fourth-order valence-corrected chi connectivity index (χ4v) is 4.02. The minimum Gasteiger partial charge on any atom is -0.330 e. The summed E-state index contributed by atoms with van der Waals surface area (Å²) in [5, 5.41) is 16.7. The summed E-state index contributed by atoms with van der Waals surface area (Å²) in [5.74, 6) is -0.290. The number of primary sulfonamides is 1. The lowest BCUT2D eigenvalue weighted by Gasteiger charge is -2.02. The van der Waals surface area contributed by atoms with Gasteiger partial charge in [-0.1, -0.05) is 23.1 Å². The van der Waals surface area contributed by atoms with Crippen LogP contribution in [0.1, 0.15) is 0 Å². The van der Waals surface area contributed by atoms with E-state index in [1.54, 1.807) is 24.3 Å². The van der Waals surface area contributed by atoms with Gasteiger partial charge in [0.2, 0.25) is 15.2 Å². The van der Waals surface area contributed by atoms with E-state index in [4.69, 9.17) is 5.14 Å². The fourth-order valence-electron chi connectivity index (χ4n) is 1.76. The largest absolute Gasteiger partial charge is 0.330 e. The van der Waals surface area contributed by atoms with Crippen LogP contribution in [0, 0.1) is 5.82 Å². The maximum absolute atomic E-state index is 12.9. The number of sulfonamides is 1. The Labute approximate surface area is 146 Å². The summed E-state index contributed by atoms with van der Waals surface area (Å²) < 4.78 is 36.0. The van der Waals surface area contributed by atoms with Gasteiger partial charge < -0.3 is 5.32 Å². The summed E-state index contributed by atoms with van der Waals surface area (Å²) in [6.07, 6.45) is 0. The minimum atomic E-state index is -3.71. The second kappa shape index (κ2) is 6.85. The van der Waals surface area contributed by atoms with E-state index >= 15 is 0 Å². The molecule has 3 N–H and O–H groups in total. The van der Waals surface area contributed by atoms with Crippen LogP contribution < -0.4 is 10.5 Å². The summed E-state index contributed by atoms with van der Waals surface area (Å²) in [7, 11) is -3.71. The second-order valence-electron chi connectivity index (χ2n) is 4.62. The third-order valence-corrected chi connectivity index (χ3v) is 5.69. The number of nitrogens with zero attached hydrogens (tertiary/aromatic N) is 2. The Kier molecular flexibility index (Phi) is 4.81. The van der Waals surface area contributed by atoms with E-state index in [-0.39, 0.29) is 10.7 Å². The van der Waals surface area contributed by atoms with Gasteiger partial charge in [-0.3, -0.25) is 0 Å². The molecule has 0 amide bonds. The molecule has 10 heteroatoms. The molecule has 0 aliphatic carbocycles. The third-order valence-electron chi connectivity index (χ3n) is 2.86. The molecule has 0 saturated carbocycles. The maximum atomic E-state index is 12.9. The van der Waals surface area contributed by atoms with Crippen molar-refractivity contribution in [3.63, 3.8) is 0 Å². The summed E-state index contributed by atoms with van der Waals surface area (Å²) in [6, 6.07) is 12.1. The normalized spacial score (nSPS) is 11.4. The molecule has 0 spiro atoms. The van der Waals surface area contributed by atoms with Gasteiger partial charge in [-0.05, 0) is 48.5 Å². The van der Waals surface area contributed by atoms with Crippen LogP contribution in [0.25, 0.3) is 0 Å². The first-order chi connectivity index (χ1) is 11.4. The highest BCUT2D eigenvalue weighted by atomic mass is 32.2. The Balaban J connectivity index is 1.68. The molecule has 0 saturated heterocycles. The zero-order valence-corrected chi connectivity index (χ0v) is 14.5. The third kappa shape index (κ3) is 4.29. The predicted molar refractivity (Wildman–Crippen MR) is 91.5 cm³/mol. The first kappa shape index (κ1) is 16.8. The van der Waals surface area contributed by atoms with E-state index in [2.05, 4.69) is 15.5 Å². The van der Waals surface area contributed by atoms with Crippen LogP contribution in [0.3, 0.4) is 0 Å². The van der Waals surface area contributed by atoms with E-state index in [0.717, 1.165) is 4.90 Å². The Morgan fingerprint density at radius 2 is 1.71 bits per heavy atom. The number of hydrogen-bond donors (Lipinski definition) is 2. The molecule has 3 aromatic rings. The van der Waals surface area contributed by atoms with Crippen LogP contribution in [0.5, 0.6) is 0 Å². The van der Waals surface area contributed by atoms with Crippen molar-refractivity contribution in [2.45, 2.75) is 14.1 Å². The number of aromatic nitrogens is 2. The lowest BCUT2D eigenvalue weighted by atomic mass is 10.3. The Bertz CT molecular complexity index is 941. The van der Waals surface area contributed by atoms with Crippen molar-refractivity contribution >= 4 is 43.9 Å². The molecule has 0 fully saturated rings. The Morgan fingerprint density at radius 1 is 1.04 bits per heavy atom. The van der Waals surface area contributed by atoms with Gasteiger partial charge in [0.05, 0.1) is 4.90 Å². The molecular weight excluding hydrogens is 371 g/mol. The molecule has 0 atom stereocenters. The van der Waals surface area contributed by atoms with Crippen LogP contribution >= 0.6 is 23.1 Å². The van der Waals surface area contributed by atoms with E-state index < -0.39 is 10.0 Å². The average molecular weight is 382 g/mol. The highest BCUT2D eigenvalue weighted by Gasteiger charge is 2.09. The fraction of sp³-hybridized carbons (Fsp3) is 0. The van der Waals surface area contributed by atoms with Gasteiger partial charge in [0.25, 0.3) is 0 Å². The van der Waals surface area contributed by atoms with Crippen LogP contribution in [0.4, 0.5) is 15.2 Å². The number of rotatable bonds is 5. The molecule has 1 heterocycles. The number of benzene rings is 2. The highest BCUT2D eigenvalue weighted by Crippen LogP contribution is 2.33. The van der Waals surface area contributed by atoms with E-state index in [1.807, 2.05) is 0 Å². The highest BCUT2D eigenvalue weighted by molar-refractivity contribution is 8.01. The van der Waals surface area contributed by atoms with Gasteiger partial charge in [-0.2, -0.15) is 0 Å². The van der Waals surface area contributed by atoms with Gasteiger partial charge in [-0.25, -0.2) is 17.9 Å². The molecule has 0 aliphatic rings. The van der Waals surface area contributed by atoms with Crippen LogP contribution in [-0.2, 0) is 10.0 Å². The monoisotopic (exact) mass is 382 g/mol. The molecular formula is C14H11FN4O2S3. The van der Waals surface area contributed by atoms with E-state index in [9.17, 15) is 12.8 Å². The zero-order valence-electron chi connectivity index (χ0n) is 12.0. The van der Waals surface area contributed by atoms with Crippen LogP contribution in [0.15, 0.2) is 62.7 Å². The second-order valence-corrected chi connectivity index (χ2v) is 8.48. The average Bonchev–Trinajstić information content (AvgIpc) is 2.96. The van der Waals surface area contributed by atoms with E-state index in [0.29, 0.717) is 15.2 Å². The van der Waals surface area contributed by atoms with Crippen molar-refractivity contribution in [3.8, 4) is 0 Å². The lowest BCUT2D eigenvalue weighted by Crippen LogP contribution is -2.11. The first-order valence-corrected chi connectivity index (χ1v) is 9.75. The molecule has 3 rings (SSSR count). The van der Waals surface area contributed by atoms with Gasteiger partial charge >= 0.3 is 0 Å². The van der Waals surface area contributed by atoms with Gasteiger partial charge in [0, 0.05) is 10.6 Å². The molecule has 0 bridgehead atoms. The summed E-state index contributed by atoms with van der Waals surface area (Å²) in [4.78, 5) is 0.898. The standard InChI is InChI=1S/C14H11FN4O2S3/c15-9-1-5-11(6-2-9)22-14-19-18-13(23-14)17-10-3-7-12(8-4-10)24(16,20)21/h1-8H,(H,17,18)(H2,16,20,21). The van der Waals surface area contributed by atoms with Crippen molar-refractivity contribution in [3.05, 3.63) is 54.3 Å². The smallest absolute Gasteiger partial charge is 0.238 e. The maximum Gasteiger partial charge on any atom is 0.238 e. The van der Waals surface area contributed by atoms with E-state index in [1.165, 1.54) is 47.4 Å². The molecule has 0 aliphatic heterocycles. The predicted octanol–water partition coefficient (Wildman–Crippen LogP) is 3.22. The lowest BCUT2D eigenvalue weighted by molar-refractivity contribution is 0.598. The van der Waals surface area contributed by atoms with Gasteiger partial charge in [0.1, 0.15) is 5.82 Å². The van der Waals surface area contributed by atoms with Gasteiger partial charge in [-0.15, -0.1) is 10.2 Å². The van der Waals surface area contributed by atoms with Crippen LogP contribution in [-0.4, -0.2) is 18.6 Å². The van der Waals surface area contributed by atoms with Crippen molar-refractivity contribution in [1.82, 2.24) is 10.2 Å². The summed E-state index contributed by atoms with van der Waals surface area (Å²) in [6.45, 7) is 0. The molecule has 6 nitrogen and oxygen atoms in total. The van der Waals surface area contributed by atoms with Crippen molar-refractivity contribution < 1.29 is 12.8 Å². The molecule has 0 unspecified atom stereocenters. The number of hydrogen-bond acceptors (Lipinski definition) is 7. The summed E-state index contributed by atoms with van der Waals surface area (Å²) in [5.41, 5.74) is 0.664. The van der Waals surface area contributed by atoms with Crippen molar-refractivity contribution in [1.29, 1.82) is 0 Å². The number of nitrogens with one attached hydrogen (secondary N) is 1. The Morgan fingerprint density at radius 3 is 2.33 bits per heavy atom. The number of halogens is 1. The van der Waals surface area contributed by atoms with Gasteiger partial charge in [0.15, 0.2) is 4.34 Å². The topological polar surface area (TPSA) is 98.0 Å². The van der Waals surface area contributed by atoms with Crippen LogP contribution in [0.2, 0.25) is 0 Å². The summed E-state index contributed by atoms with van der Waals surface area (Å²) >= 11 is 2.71. The minimum absolute atomic E-state index is 0.0397. The SMILES string of the molecule is NS(=O)(=O)c1ccc(Nc2nnc(Sc3ccc(F)cc3)s2)cc1. The van der Waals surface area contributed by atoms with Crippen molar-refractivity contribution in [2.24, 2.45) is 5.14 Å².